The maximum Gasteiger partial charge on any atom is 0.282 e. The molecule has 1 saturated carbocycles. The van der Waals surface area contributed by atoms with E-state index in [0.29, 0.717) is 30.4 Å². The number of carbonyl (C=O) groups is 2. The molecule has 2 amide bonds. The van der Waals surface area contributed by atoms with Gasteiger partial charge in [0.15, 0.2) is 0 Å². The number of rotatable bonds is 8. The van der Waals surface area contributed by atoms with E-state index in [9.17, 15) is 18.4 Å². The summed E-state index contributed by atoms with van der Waals surface area (Å²) in [4.78, 5) is 30.4. The Morgan fingerprint density at radius 2 is 2.10 bits per heavy atom. The van der Waals surface area contributed by atoms with Gasteiger partial charge in [0.2, 0.25) is 11.8 Å². The molecular weight excluding hydrogens is 414 g/mol. The summed E-state index contributed by atoms with van der Waals surface area (Å²) in [6.07, 6.45) is 3.76. The smallest absolute Gasteiger partial charge is 0.282 e. The van der Waals surface area contributed by atoms with Crippen LogP contribution in [0, 0.1) is 5.92 Å². The number of aromatic nitrogens is 1. The minimum Gasteiger partial charge on any atom is -0.476 e. The summed E-state index contributed by atoms with van der Waals surface area (Å²) in [5, 5.41) is 2.96. The Bertz CT molecular complexity index is 820. The van der Waals surface area contributed by atoms with Gasteiger partial charge in [-0.1, -0.05) is 0 Å². The monoisotopic (exact) mass is 440 g/mol. The minimum atomic E-state index is -2.72. The van der Waals surface area contributed by atoms with Gasteiger partial charge in [-0.2, -0.15) is 11.8 Å². The zero-order valence-electron chi connectivity index (χ0n) is 16.7. The standard InChI is InChI=1S/C20H26F2N4O3S/c21-20(22)10-26(11-20)15-5-4-14(24-18(15)29-9-13-2-3-13)17(28)25-19(8-16(23)27)6-1-7-30-12-19/h4-5,13H,1-3,6-12H2,(H2,23,27)(H,25,28). The van der Waals surface area contributed by atoms with E-state index in [1.165, 1.54) is 11.0 Å². The SMILES string of the molecule is NC(=O)CC1(NC(=O)c2ccc(N3CC(F)(F)C3)c(OCC3CC3)n2)CCCSC1. The topological polar surface area (TPSA) is 97.5 Å². The lowest BCUT2D eigenvalue weighted by Crippen LogP contribution is -2.56. The predicted molar refractivity (Wildman–Crippen MR) is 110 cm³/mol. The number of pyridine rings is 1. The molecule has 1 unspecified atom stereocenters. The van der Waals surface area contributed by atoms with E-state index in [4.69, 9.17) is 10.5 Å². The molecule has 10 heteroatoms. The number of hydrogen-bond donors (Lipinski definition) is 2. The van der Waals surface area contributed by atoms with Crippen LogP contribution in [0.5, 0.6) is 5.88 Å². The van der Waals surface area contributed by atoms with Crippen molar-refractivity contribution in [1.29, 1.82) is 0 Å². The summed E-state index contributed by atoms with van der Waals surface area (Å²) in [6.45, 7) is -0.324. The molecule has 2 aliphatic heterocycles. The van der Waals surface area contributed by atoms with Gasteiger partial charge in [0.1, 0.15) is 11.4 Å². The molecule has 164 valence electrons. The van der Waals surface area contributed by atoms with E-state index >= 15 is 0 Å². The molecule has 1 aliphatic carbocycles. The summed E-state index contributed by atoms with van der Waals surface area (Å²) in [5.74, 6) is -1.37. The zero-order chi connectivity index (χ0) is 21.4. The minimum absolute atomic E-state index is 0.0672. The summed E-state index contributed by atoms with van der Waals surface area (Å²) in [5.41, 5.74) is 5.33. The fourth-order valence-electron chi connectivity index (χ4n) is 3.84. The van der Waals surface area contributed by atoms with Crippen LogP contribution in [0.3, 0.4) is 0 Å². The highest BCUT2D eigenvalue weighted by Gasteiger charge is 2.45. The Morgan fingerprint density at radius 3 is 2.70 bits per heavy atom. The first-order valence-electron chi connectivity index (χ1n) is 10.2. The predicted octanol–water partition coefficient (Wildman–Crippen LogP) is 2.20. The maximum atomic E-state index is 13.3. The molecule has 1 atom stereocenters. The first-order valence-corrected chi connectivity index (χ1v) is 11.4. The van der Waals surface area contributed by atoms with Crippen LogP contribution >= 0.6 is 11.8 Å². The maximum absolute atomic E-state index is 13.3. The van der Waals surface area contributed by atoms with Crippen LogP contribution in [0.2, 0.25) is 0 Å². The Balaban J connectivity index is 1.52. The summed E-state index contributed by atoms with van der Waals surface area (Å²) >= 11 is 1.67. The normalized spacial score (nSPS) is 25.3. The number of primary amides is 1. The number of alkyl halides is 2. The van der Waals surface area contributed by atoms with Crippen molar-refractivity contribution < 1.29 is 23.1 Å². The van der Waals surface area contributed by atoms with E-state index < -0.39 is 23.3 Å². The van der Waals surface area contributed by atoms with Crippen LogP contribution in [-0.4, -0.2) is 59.5 Å². The van der Waals surface area contributed by atoms with Crippen molar-refractivity contribution in [2.24, 2.45) is 11.7 Å². The van der Waals surface area contributed by atoms with Crippen molar-refractivity contribution in [2.75, 3.05) is 36.1 Å². The van der Waals surface area contributed by atoms with Gasteiger partial charge < -0.3 is 20.7 Å². The van der Waals surface area contributed by atoms with Crippen LogP contribution in [0.1, 0.15) is 42.6 Å². The van der Waals surface area contributed by atoms with Crippen molar-refractivity contribution >= 4 is 29.3 Å². The highest BCUT2D eigenvalue weighted by molar-refractivity contribution is 7.99. The lowest BCUT2D eigenvalue weighted by molar-refractivity contribution is -0.119. The third-order valence-electron chi connectivity index (χ3n) is 5.62. The number of anilines is 1. The molecule has 0 bridgehead atoms. The Kier molecular flexibility index (Phi) is 5.78. The molecule has 30 heavy (non-hydrogen) atoms. The van der Waals surface area contributed by atoms with Crippen molar-refractivity contribution in [1.82, 2.24) is 10.3 Å². The van der Waals surface area contributed by atoms with Gasteiger partial charge in [-0.3, -0.25) is 9.59 Å². The van der Waals surface area contributed by atoms with E-state index in [1.54, 1.807) is 17.8 Å². The first-order chi connectivity index (χ1) is 14.3. The molecule has 1 aromatic rings. The van der Waals surface area contributed by atoms with Gasteiger partial charge in [-0.25, -0.2) is 13.8 Å². The third kappa shape index (κ3) is 4.96. The third-order valence-corrected chi connectivity index (χ3v) is 6.96. The van der Waals surface area contributed by atoms with Crippen molar-refractivity contribution in [3.63, 3.8) is 0 Å². The number of hydrogen-bond acceptors (Lipinski definition) is 6. The lowest BCUT2D eigenvalue weighted by atomic mass is 9.90. The van der Waals surface area contributed by atoms with E-state index in [2.05, 4.69) is 10.3 Å². The summed E-state index contributed by atoms with van der Waals surface area (Å²) in [6, 6.07) is 3.12. The number of amides is 2. The van der Waals surface area contributed by atoms with Gasteiger partial charge in [0.25, 0.3) is 11.8 Å². The van der Waals surface area contributed by atoms with E-state index in [-0.39, 0.29) is 31.1 Å². The van der Waals surface area contributed by atoms with E-state index in [1.807, 2.05) is 0 Å². The molecular formula is C20H26F2N4O3S. The van der Waals surface area contributed by atoms with Gasteiger partial charge in [-0.05, 0) is 49.5 Å². The lowest BCUT2D eigenvalue weighted by Gasteiger charge is -2.40. The van der Waals surface area contributed by atoms with Gasteiger partial charge >= 0.3 is 0 Å². The fraction of sp³-hybridized carbons (Fsp3) is 0.650. The number of nitrogens with two attached hydrogens (primary N) is 1. The number of ether oxygens (including phenoxy) is 1. The molecule has 0 radical (unpaired) electrons. The average Bonchev–Trinajstić information content (AvgIpc) is 3.48. The molecule has 0 aromatic carbocycles. The van der Waals surface area contributed by atoms with Crippen molar-refractivity contribution in [2.45, 2.75) is 43.6 Å². The van der Waals surface area contributed by atoms with Crippen LogP contribution < -0.4 is 20.7 Å². The van der Waals surface area contributed by atoms with Crippen LogP contribution in [0.4, 0.5) is 14.5 Å². The highest BCUT2D eigenvalue weighted by Crippen LogP contribution is 2.38. The molecule has 3 aliphatic rings. The quantitative estimate of drug-likeness (QED) is 0.643. The number of halogens is 2. The number of carbonyl (C=O) groups excluding carboxylic acids is 2. The van der Waals surface area contributed by atoms with Gasteiger partial charge in [0.05, 0.1) is 31.7 Å². The summed E-state index contributed by atoms with van der Waals surface area (Å²) < 4.78 is 32.5. The van der Waals surface area contributed by atoms with Crippen molar-refractivity contribution in [3.8, 4) is 5.88 Å². The number of thioether (sulfide) groups is 1. The van der Waals surface area contributed by atoms with Crippen molar-refractivity contribution in [3.05, 3.63) is 17.8 Å². The molecule has 4 rings (SSSR count). The molecule has 2 saturated heterocycles. The van der Waals surface area contributed by atoms with Crippen LogP contribution in [0.15, 0.2) is 12.1 Å². The second kappa shape index (κ2) is 8.20. The average molecular weight is 441 g/mol. The molecule has 0 spiro atoms. The largest absolute Gasteiger partial charge is 0.476 e. The second-order valence-electron chi connectivity index (χ2n) is 8.52. The molecule has 3 N–H and O–H groups in total. The van der Waals surface area contributed by atoms with Gasteiger partial charge in [0, 0.05) is 5.75 Å². The number of nitrogens with zero attached hydrogens (tertiary/aromatic N) is 2. The zero-order valence-corrected chi connectivity index (χ0v) is 17.5. The molecule has 1 aromatic heterocycles. The fourth-order valence-corrected chi connectivity index (χ4v) is 5.05. The number of nitrogens with one attached hydrogen (secondary N) is 1. The molecule has 3 fully saturated rings. The van der Waals surface area contributed by atoms with E-state index in [0.717, 1.165) is 25.0 Å². The Hall–Kier alpha value is -2.10. The summed E-state index contributed by atoms with van der Waals surface area (Å²) in [7, 11) is 0. The van der Waals surface area contributed by atoms with Gasteiger partial charge in [-0.15, -0.1) is 0 Å². The highest BCUT2D eigenvalue weighted by atomic mass is 32.2. The Labute approximate surface area is 178 Å². The van der Waals surface area contributed by atoms with Crippen LogP contribution in [-0.2, 0) is 4.79 Å². The molecule has 7 nitrogen and oxygen atoms in total. The molecule has 3 heterocycles. The van der Waals surface area contributed by atoms with Crippen LogP contribution in [0.25, 0.3) is 0 Å². The second-order valence-corrected chi connectivity index (χ2v) is 9.63. The Morgan fingerprint density at radius 1 is 1.33 bits per heavy atom. The first kappa shape index (κ1) is 21.1.